The van der Waals surface area contributed by atoms with Gasteiger partial charge in [0.25, 0.3) is 0 Å². The van der Waals surface area contributed by atoms with Gasteiger partial charge in [-0.3, -0.25) is 10.6 Å². The van der Waals surface area contributed by atoms with Crippen LogP contribution in [0.2, 0.25) is 0 Å². The third-order valence-corrected chi connectivity index (χ3v) is 2.33. The SMILES string of the molecule is NC(=O)N1CC(N)(O)c2ccccc21. The number of rotatable bonds is 0. The Balaban J connectivity index is 2.55. The number of nitrogens with two attached hydrogens (primary N) is 2. The zero-order valence-corrected chi connectivity index (χ0v) is 7.47. The van der Waals surface area contributed by atoms with Crippen molar-refractivity contribution in [2.45, 2.75) is 5.72 Å². The molecule has 1 aliphatic rings. The molecular formula is C9H11N3O2. The van der Waals surface area contributed by atoms with Crippen molar-refractivity contribution < 1.29 is 9.90 Å². The molecular weight excluding hydrogens is 182 g/mol. The van der Waals surface area contributed by atoms with Crippen LogP contribution < -0.4 is 16.4 Å². The predicted octanol–water partition coefficient (Wildman–Crippen LogP) is -0.311. The number of fused-ring (bicyclic) bond motifs is 1. The molecule has 0 saturated heterocycles. The zero-order chi connectivity index (χ0) is 10.3. The van der Waals surface area contributed by atoms with E-state index in [9.17, 15) is 9.90 Å². The molecule has 0 fully saturated rings. The maximum atomic E-state index is 11.0. The van der Waals surface area contributed by atoms with E-state index in [1.54, 1.807) is 24.3 Å². The smallest absolute Gasteiger partial charge is 0.319 e. The summed E-state index contributed by atoms with van der Waals surface area (Å²) in [6.45, 7) is 0.00167. The third kappa shape index (κ3) is 1.14. The number of nitrogens with zero attached hydrogens (tertiary/aromatic N) is 1. The summed E-state index contributed by atoms with van der Waals surface area (Å²) in [5.74, 6) is 0. The standard InChI is InChI=1S/C9H11N3O2/c10-8(13)12-5-9(11,14)6-3-1-2-4-7(6)12/h1-4,14H,5,11H2,(H2,10,13). The lowest BCUT2D eigenvalue weighted by atomic mass is 10.1. The van der Waals surface area contributed by atoms with E-state index in [4.69, 9.17) is 11.5 Å². The number of para-hydroxylation sites is 1. The minimum absolute atomic E-state index is 0.00167. The van der Waals surface area contributed by atoms with E-state index in [2.05, 4.69) is 0 Å². The molecule has 5 nitrogen and oxygen atoms in total. The number of hydrogen-bond donors (Lipinski definition) is 3. The monoisotopic (exact) mass is 193 g/mol. The first kappa shape index (κ1) is 8.98. The van der Waals surface area contributed by atoms with Gasteiger partial charge in [0.1, 0.15) is 0 Å². The van der Waals surface area contributed by atoms with Crippen molar-refractivity contribution >= 4 is 11.7 Å². The van der Waals surface area contributed by atoms with Crippen LogP contribution in [0.3, 0.4) is 0 Å². The van der Waals surface area contributed by atoms with Crippen LogP contribution in [-0.2, 0) is 5.72 Å². The number of carbonyl (C=O) groups excluding carboxylic acids is 1. The highest BCUT2D eigenvalue weighted by molar-refractivity contribution is 5.93. The molecule has 14 heavy (non-hydrogen) atoms. The lowest BCUT2D eigenvalue weighted by Crippen LogP contribution is -2.44. The van der Waals surface area contributed by atoms with Crippen molar-refractivity contribution in [2.75, 3.05) is 11.4 Å². The van der Waals surface area contributed by atoms with Gasteiger partial charge in [-0.25, -0.2) is 4.79 Å². The summed E-state index contributed by atoms with van der Waals surface area (Å²) < 4.78 is 0. The van der Waals surface area contributed by atoms with Crippen molar-refractivity contribution in [3.63, 3.8) is 0 Å². The molecule has 1 aromatic rings. The van der Waals surface area contributed by atoms with Crippen LogP contribution in [0.4, 0.5) is 10.5 Å². The van der Waals surface area contributed by atoms with Crippen LogP contribution in [0.5, 0.6) is 0 Å². The predicted molar refractivity (Wildman–Crippen MR) is 51.5 cm³/mol. The fraction of sp³-hybridized carbons (Fsp3) is 0.222. The Morgan fingerprint density at radius 3 is 2.79 bits per heavy atom. The molecule has 0 spiro atoms. The molecule has 0 aliphatic carbocycles. The highest BCUT2D eigenvalue weighted by atomic mass is 16.3. The van der Waals surface area contributed by atoms with Crippen LogP contribution >= 0.6 is 0 Å². The molecule has 1 atom stereocenters. The van der Waals surface area contributed by atoms with Gasteiger partial charge in [0, 0.05) is 5.56 Å². The molecule has 5 N–H and O–H groups in total. The van der Waals surface area contributed by atoms with Gasteiger partial charge in [-0.15, -0.1) is 0 Å². The maximum Gasteiger partial charge on any atom is 0.319 e. The number of hydrogen-bond acceptors (Lipinski definition) is 3. The normalized spacial score (nSPS) is 24.9. The summed E-state index contributed by atoms with van der Waals surface area (Å²) in [4.78, 5) is 12.3. The fourth-order valence-electron chi connectivity index (χ4n) is 1.68. The number of amides is 2. The van der Waals surface area contributed by atoms with Crippen molar-refractivity contribution in [3.8, 4) is 0 Å². The molecule has 0 aromatic heterocycles. The summed E-state index contributed by atoms with van der Waals surface area (Å²) in [5, 5.41) is 9.79. The second-order valence-electron chi connectivity index (χ2n) is 3.37. The second kappa shape index (κ2) is 2.70. The first-order valence-electron chi connectivity index (χ1n) is 4.20. The van der Waals surface area contributed by atoms with Gasteiger partial charge in [0.15, 0.2) is 5.72 Å². The Labute approximate surface area is 80.9 Å². The number of anilines is 1. The van der Waals surface area contributed by atoms with Crippen molar-refractivity contribution in [3.05, 3.63) is 29.8 Å². The number of urea groups is 1. The molecule has 1 aliphatic heterocycles. The van der Waals surface area contributed by atoms with Crippen LogP contribution in [-0.4, -0.2) is 17.7 Å². The van der Waals surface area contributed by atoms with E-state index in [-0.39, 0.29) is 6.54 Å². The van der Waals surface area contributed by atoms with E-state index in [0.29, 0.717) is 11.3 Å². The molecule has 0 saturated carbocycles. The molecule has 0 bridgehead atoms. The molecule has 1 aromatic carbocycles. The van der Waals surface area contributed by atoms with Crippen LogP contribution in [0.25, 0.3) is 0 Å². The van der Waals surface area contributed by atoms with Crippen LogP contribution in [0.15, 0.2) is 24.3 Å². The zero-order valence-electron chi connectivity index (χ0n) is 7.47. The number of carbonyl (C=O) groups is 1. The van der Waals surface area contributed by atoms with Gasteiger partial charge in [-0.05, 0) is 6.07 Å². The van der Waals surface area contributed by atoms with Crippen molar-refractivity contribution in [1.29, 1.82) is 0 Å². The largest absolute Gasteiger partial charge is 0.370 e. The first-order valence-corrected chi connectivity index (χ1v) is 4.20. The Hall–Kier alpha value is -1.59. The third-order valence-electron chi connectivity index (χ3n) is 2.33. The summed E-state index contributed by atoms with van der Waals surface area (Å²) in [6, 6.07) is 6.28. The molecule has 1 heterocycles. The number of benzene rings is 1. The Morgan fingerprint density at radius 2 is 2.14 bits per heavy atom. The minimum Gasteiger partial charge on any atom is -0.370 e. The quantitative estimate of drug-likeness (QED) is 0.493. The number of primary amides is 1. The van der Waals surface area contributed by atoms with Gasteiger partial charge in [-0.1, -0.05) is 18.2 Å². The Bertz CT molecular complexity index is 389. The van der Waals surface area contributed by atoms with Crippen molar-refractivity contribution in [1.82, 2.24) is 0 Å². The van der Waals surface area contributed by atoms with Gasteiger partial charge >= 0.3 is 6.03 Å². The van der Waals surface area contributed by atoms with Gasteiger partial charge in [0.2, 0.25) is 0 Å². The molecule has 1 unspecified atom stereocenters. The summed E-state index contributed by atoms with van der Waals surface area (Å²) in [7, 11) is 0. The Morgan fingerprint density at radius 1 is 1.50 bits per heavy atom. The summed E-state index contributed by atoms with van der Waals surface area (Å²) in [6.07, 6.45) is 0. The molecule has 2 rings (SSSR count). The van der Waals surface area contributed by atoms with Crippen LogP contribution in [0.1, 0.15) is 5.56 Å². The topological polar surface area (TPSA) is 92.6 Å². The average molecular weight is 193 g/mol. The highest BCUT2D eigenvalue weighted by Crippen LogP contribution is 2.35. The lowest BCUT2D eigenvalue weighted by molar-refractivity contribution is 0.0619. The maximum absolute atomic E-state index is 11.0. The van der Waals surface area contributed by atoms with E-state index in [1.165, 1.54) is 4.90 Å². The minimum atomic E-state index is -1.49. The first-order chi connectivity index (χ1) is 6.52. The van der Waals surface area contributed by atoms with E-state index in [0.717, 1.165) is 0 Å². The van der Waals surface area contributed by atoms with E-state index in [1.807, 2.05) is 0 Å². The van der Waals surface area contributed by atoms with Crippen LogP contribution in [0, 0.1) is 0 Å². The summed E-state index contributed by atoms with van der Waals surface area (Å²) >= 11 is 0. The van der Waals surface area contributed by atoms with E-state index < -0.39 is 11.8 Å². The molecule has 2 amide bonds. The van der Waals surface area contributed by atoms with Gasteiger partial charge in [-0.2, -0.15) is 0 Å². The number of β-amino-alcohol motifs (C(OH)–C–C–N with tert-alkyl or cyclic N) is 1. The average Bonchev–Trinajstić information content (AvgIpc) is 2.40. The Kier molecular flexibility index (Phi) is 1.73. The summed E-state index contributed by atoms with van der Waals surface area (Å²) in [5.41, 5.74) is 10.4. The highest BCUT2D eigenvalue weighted by Gasteiger charge is 2.39. The van der Waals surface area contributed by atoms with E-state index >= 15 is 0 Å². The van der Waals surface area contributed by atoms with Gasteiger partial charge < -0.3 is 10.8 Å². The molecule has 74 valence electrons. The van der Waals surface area contributed by atoms with Gasteiger partial charge in [0.05, 0.1) is 12.2 Å². The lowest BCUT2D eigenvalue weighted by Gasteiger charge is -2.17. The number of aliphatic hydroxyl groups is 1. The fourth-order valence-corrected chi connectivity index (χ4v) is 1.68. The van der Waals surface area contributed by atoms with Crippen molar-refractivity contribution in [2.24, 2.45) is 11.5 Å². The second-order valence-corrected chi connectivity index (χ2v) is 3.37. The molecule has 0 radical (unpaired) electrons. The molecule has 5 heteroatoms.